The van der Waals surface area contributed by atoms with E-state index in [2.05, 4.69) is 30.8 Å². The molecule has 0 unspecified atom stereocenters. The lowest BCUT2D eigenvalue weighted by Gasteiger charge is -2.10. The van der Waals surface area contributed by atoms with Crippen LogP contribution in [0.2, 0.25) is 0 Å². The van der Waals surface area contributed by atoms with Crippen molar-refractivity contribution in [3.63, 3.8) is 0 Å². The van der Waals surface area contributed by atoms with Gasteiger partial charge in [0.25, 0.3) is 0 Å². The normalized spacial score (nSPS) is 10.2. The summed E-state index contributed by atoms with van der Waals surface area (Å²) in [5.74, 6) is 0.539. The molecule has 0 heterocycles. The summed E-state index contributed by atoms with van der Waals surface area (Å²) in [7, 11) is 0. The Kier molecular flexibility index (Phi) is 2.72. The summed E-state index contributed by atoms with van der Waals surface area (Å²) in [6, 6.07) is 4.23. The lowest BCUT2D eigenvalue weighted by atomic mass is 9.97. The smallest absolute Gasteiger partial charge is 0.193 e. The molecular formula is C12H15N. The van der Waals surface area contributed by atoms with Gasteiger partial charge in [-0.25, -0.2) is 4.85 Å². The van der Waals surface area contributed by atoms with Crippen LogP contribution in [0.1, 0.15) is 36.5 Å². The summed E-state index contributed by atoms with van der Waals surface area (Å²) in [6.07, 6.45) is 0. The molecule has 0 aromatic heterocycles. The summed E-state index contributed by atoms with van der Waals surface area (Å²) in [5, 5.41) is 0. The molecule has 0 radical (unpaired) electrons. The molecule has 0 aliphatic heterocycles. The van der Waals surface area contributed by atoms with Crippen LogP contribution >= 0.6 is 0 Å². The molecule has 0 spiro atoms. The number of hydrogen-bond acceptors (Lipinski definition) is 0. The molecule has 13 heavy (non-hydrogen) atoms. The molecular weight excluding hydrogens is 158 g/mol. The van der Waals surface area contributed by atoms with Crippen LogP contribution in [-0.4, -0.2) is 0 Å². The molecule has 0 amide bonds. The van der Waals surface area contributed by atoms with Crippen LogP contribution in [0.25, 0.3) is 4.85 Å². The van der Waals surface area contributed by atoms with Crippen LogP contribution in [0.4, 0.5) is 5.69 Å². The fourth-order valence-corrected chi connectivity index (χ4v) is 1.50. The number of hydrogen-bond donors (Lipinski definition) is 0. The molecule has 0 saturated carbocycles. The van der Waals surface area contributed by atoms with Gasteiger partial charge in [0.2, 0.25) is 0 Å². The molecule has 0 bridgehead atoms. The monoisotopic (exact) mass is 173 g/mol. The van der Waals surface area contributed by atoms with Gasteiger partial charge in [-0.05, 0) is 36.5 Å². The van der Waals surface area contributed by atoms with Crippen LogP contribution in [0.3, 0.4) is 0 Å². The minimum absolute atomic E-state index is 0.539. The zero-order valence-electron chi connectivity index (χ0n) is 8.68. The number of rotatable bonds is 1. The van der Waals surface area contributed by atoms with Gasteiger partial charge < -0.3 is 0 Å². The highest BCUT2D eigenvalue weighted by Gasteiger charge is 2.06. The van der Waals surface area contributed by atoms with Crippen molar-refractivity contribution >= 4 is 5.69 Å². The summed E-state index contributed by atoms with van der Waals surface area (Å²) in [5.41, 5.74) is 4.32. The molecule has 0 aliphatic rings. The van der Waals surface area contributed by atoms with E-state index in [9.17, 15) is 0 Å². The number of aryl methyl sites for hydroxylation is 2. The van der Waals surface area contributed by atoms with E-state index >= 15 is 0 Å². The quantitative estimate of drug-likeness (QED) is 0.566. The van der Waals surface area contributed by atoms with Crippen LogP contribution in [0.5, 0.6) is 0 Å². The van der Waals surface area contributed by atoms with Crippen molar-refractivity contribution in [2.24, 2.45) is 0 Å². The van der Waals surface area contributed by atoms with Gasteiger partial charge in [-0.1, -0.05) is 26.0 Å². The third kappa shape index (κ3) is 1.89. The van der Waals surface area contributed by atoms with Gasteiger partial charge >= 0.3 is 0 Å². The minimum atomic E-state index is 0.539. The molecule has 1 nitrogen and oxygen atoms in total. The van der Waals surface area contributed by atoms with E-state index in [0.29, 0.717) is 5.92 Å². The lowest BCUT2D eigenvalue weighted by molar-refractivity contribution is 0.863. The second-order valence-corrected chi connectivity index (χ2v) is 3.77. The van der Waals surface area contributed by atoms with E-state index in [1.165, 1.54) is 5.56 Å². The molecule has 1 heteroatoms. The largest absolute Gasteiger partial charge is 0.238 e. The summed E-state index contributed by atoms with van der Waals surface area (Å²) < 4.78 is 0. The average Bonchev–Trinajstić information content (AvgIpc) is 2.03. The first-order valence-electron chi connectivity index (χ1n) is 4.55. The Bertz CT molecular complexity index is 333. The number of benzene rings is 1. The van der Waals surface area contributed by atoms with Crippen molar-refractivity contribution in [1.82, 2.24) is 0 Å². The van der Waals surface area contributed by atoms with E-state index in [1.807, 2.05) is 13.8 Å². The molecule has 1 rings (SSSR count). The maximum Gasteiger partial charge on any atom is 0.193 e. The molecule has 68 valence electrons. The van der Waals surface area contributed by atoms with Crippen LogP contribution < -0.4 is 0 Å². The zero-order chi connectivity index (χ0) is 10.0. The Labute approximate surface area is 80.2 Å². The van der Waals surface area contributed by atoms with Gasteiger partial charge in [-0.15, -0.1) is 0 Å². The second-order valence-electron chi connectivity index (χ2n) is 3.77. The summed E-state index contributed by atoms with van der Waals surface area (Å²) in [6.45, 7) is 15.4. The van der Waals surface area contributed by atoms with Gasteiger partial charge in [0.1, 0.15) is 0 Å². The molecule has 0 fully saturated rings. The van der Waals surface area contributed by atoms with Crippen molar-refractivity contribution in [1.29, 1.82) is 0 Å². The van der Waals surface area contributed by atoms with E-state index < -0.39 is 0 Å². The van der Waals surface area contributed by atoms with E-state index in [0.717, 1.165) is 16.8 Å². The van der Waals surface area contributed by atoms with E-state index in [1.54, 1.807) is 0 Å². The first-order chi connectivity index (χ1) is 6.06. The topological polar surface area (TPSA) is 4.36 Å². The predicted molar refractivity (Wildman–Crippen MR) is 56.3 cm³/mol. The van der Waals surface area contributed by atoms with Crippen LogP contribution in [0.15, 0.2) is 12.1 Å². The van der Waals surface area contributed by atoms with E-state index in [-0.39, 0.29) is 0 Å². The van der Waals surface area contributed by atoms with Crippen molar-refractivity contribution < 1.29 is 0 Å². The molecule has 1 aromatic carbocycles. The SMILES string of the molecule is [C-]#[N+]c1c(C)cc(C(C)C)cc1C. The standard InChI is InChI=1S/C12H15N/c1-8(2)11-6-9(3)12(13-5)10(4)7-11/h6-8H,1-4H3. The Morgan fingerprint density at radius 1 is 1.15 bits per heavy atom. The molecule has 0 aliphatic carbocycles. The second kappa shape index (κ2) is 3.62. The van der Waals surface area contributed by atoms with Crippen LogP contribution in [0, 0.1) is 20.4 Å². The minimum Gasteiger partial charge on any atom is -0.238 e. The Hall–Kier alpha value is -1.29. The van der Waals surface area contributed by atoms with Crippen molar-refractivity contribution in [2.45, 2.75) is 33.6 Å². The van der Waals surface area contributed by atoms with Gasteiger partial charge in [0, 0.05) is 0 Å². The third-order valence-electron chi connectivity index (χ3n) is 2.29. The highest BCUT2D eigenvalue weighted by molar-refractivity contribution is 5.59. The Morgan fingerprint density at radius 3 is 1.92 bits per heavy atom. The highest BCUT2D eigenvalue weighted by atomic mass is 14.7. The number of nitrogens with zero attached hydrogens (tertiary/aromatic N) is 1. The van der Waals surface area contributed by atoms with E-state index in [4.69, 9.17) is 6.57 Å². The predicted octanol–water partition coefficient (Wildman–Crippen LogP) is 3.98. The van der Waals surface area contributed by atoms with Gasteiger partial charge in [-0.3, -0.25) is 0 Å². The zero-order valence-corrected chi connectivity index (χ0v) is 8.68. The summed E-state index contributed by atoms with van der Waals surface area (Å²) in [4.78, 5) is 3.52. The van der Waals surface area contributed by atoms with Crippen molar-refractivity contribution in [2.75, 3.05) is 0 Å². The van der Waals surface area contributed by atoms with Crippen LogP contribution in [-0.2, 0) is 0 Å². The van der Waals surface area contributed by atoms with Crippen molar-refractivity contribution in [3.05, 3.63) is 40.2 Å². The van der Waals surface area contributed by atoms with Gasteiger partial charge in [0.05, 0.1) is 6.57 Å². The highest BCUT2D eigenvalue weighted by Crippen LogP contribution is 2.28. The average molecular weight is 173 g/mol. The maximum atomic E-state index is 7.03. The fourth-order valence-electron chi connectivity index (χ4n) is 1.50. The van der Waals surface area contributed by atoms with Gasteiger partial charge in [0.15, 0.2) is 5.69 Å². The molecule has 0 saturated heterocycles. The fraction of sp³-hybridized carbons (Fsp3) is 0.417. The Morgan fingerprint density at radius 2 is 1.62 bits per heavy atom. The molecule has 1 aromatic rings. The first-order valence-corrected chi connectivity index (χ1v) is 4.55. The van der Waals surface area contributed by atoms with Gasteiger partial charge in [-0.2, -0.15) is 0 Å². The third-order valence-corrected chi connectivity index (χ3v) is 2.29. The summed E-state index contributed by atoms with van der Waals surface area (Å²) >= 11 is 0. The lowest BCUT2D eigenvalue weighted by Crippen LogP contribution is -1.90. The Balaban J connectivity index is 3.30. The molecule has 0 atom stereocenters. The van der Waals surface area contributed by atoms with Crippen molar-refractivity contribution in [3.8, 4) is 0 Å². The first kappa shape index (κ1) is 9.80. The maximum absolute atomic E-state index is 7.03. The molecule has 0 N–H and O–H groups in total.